The molecule has 6 rings (SSSR count). The van der Waals surface area contributed by atoms with Crippen molar-refractivity contribution in [3.63, 3.8) is 0 Å². The summed E-state index contributed by atoms with van der Waals surface area (Å²) in [6, 6.07) is 35.3. The van der Waals surface area contributed by atoms with Gasteiger partial charge in [0.1, 0.15) is 17.3 Å². The molecule has 0 spiro atoms. The third-order valence-corrected chi connectivity index (χ3v) is 7.76. The van der Waals surface area contributed by atoms with E-state index < -0.39 is 0 Å². The van der Waals surface area contributed by atoms with Crippen LogP contribution >= 0.6 is 0 Å². The summed E-state index contributed by atoms with van der Waals surface area (Å²) in [4.78, 5) is 7.81. The summed E-state index contributed by atoms with van der Waals surface area (Å²) in [5, 5.41) is 9.91. The molecule has 0 fully saturated rings. The molecule has 5 nitrogen and oxygen atoms in total. The highest BCUT2D eigenvalue weighted by Gasteiger charge is 2.22. The summed E-state index contributed by atoms with van der Waals surface area (Å²) < 4.78 is 8.22. The molecule has 0 amide bonds. The molecule has 5 aromatic rings. The smallest absolute Gasteiger partial charge is 0.140 e. The highest BCUT2D eigenvalue weighted by molar-refractivity contribution is 5.68. The molecule has 0 saturated heterocycles. The minimum absolute atomic E-state index is 0.287. The van der Waals surface area contributed by atoms with Crippen molar-refractivity contribution >= 4 is 0 Å². The molecule has 41 heavy (non-hydrogen) atoms. The molecule has 0 atom stereocenters. The molecule has 1 aliphatic heterocycles. The topological polar surface area (TPSA) is 50.5 Å². The van der Waals surface area contributed by atoms with Crippen LogP contribution in [0, 0.1) is 0 Å². The Hall–Kier alpha value is -4.35. The Morgan fingerprint density at radius 3 is 2.22 bits per heavy atom. The van der Waals surface area contributed by atoms with Gasteiger partial charge in [0, 0.05) is 43.7 Å². The Balaban J connectivity index is 1.43. The van der Waals surface area contributed by atoms with Gasteiger partial charge in [-0.3, -0.25) is 4.90 Å². The SMILES string of the molecule is CCCCn1c(-c2ccccc2)nc(-c2ccccc2)c1CN(Cc1ccc(O)cc1)Cc1ccc2c(c1)CCO2. The number of unbranched alkanes of at least 4 members (excludes halogenated alkanes) is 1. The van der Waals surface area contributed by atoms with Crippen LogP contribution in [-0.4, -0.2) is 26.2 Å². The summed E-state index contributed by atoms with van der Waals surface area (Å²) in [6.45, 7) is 6.20. The van der Waals surface area contributed by atoms with Crippen molar-refractivity contribution in [2.45, 2.75) is 52.4 Å². The first-order valence-corrected chi connectivity index (χ1v) is 14.6. The van der Waals surface area contributed by atoms with E-state index >= 15 is 0 Å². The number of hydrogen-bond donors (Lipinski definition) is 1. The second-order valence-electron chi connectivity index (χ2n) is 10.8. The van der Waals surface area contributed by atoms with Crippen molar-refractivity contribution in [2.75, 3.05) is 6.61 Å². The van der Waals surface area contributed by atoms with Gasteiger partial charge in [-0.1, -0.05) is 98.3 Å². The molecule has 5 heteroatoms. The van der Waals surface area contributed by atoms with E-state index in [0.717, 1.165) is 86.0 Å². The van der Waals surface area contributed by atoms with Crippen LogP contribution in [0.3, 0.4) is 0 Å². The third kappa shape index (κ3) is 6.21. The lowest BCUT2D eigenvalue weighted by Crippen LogP contribution is -2.24. The zero-order chi connectivity index (χ0) is 28.0. The highest BCUT2D eigenvalue weighted by atomic mass is 16.5. The van der Waals surface area contributed by atoms with E-state index in [1.165, 1.54) is 16.8 Å². The van der Waals surface area contributed by atoms with Crippen LogP contribution in [-0.2, 0) is 32.6 Å². The molecule has 0 radical (unpaired) electrons. The molecule has 208 valence electrons. The second kappa shape index (κ2) is 12.4. The molecule has 1 aromatic heterocycles. The lowest BCUT2D eigenvalue weighted by molar-refractivity contribution is 0.241. The minimum atomic E-state index is 0.287. The van der Waals surface area contributed by atoms with Crippen molar-refractivity contribution in [1.82, 2.24) is 14.5 Å². The zero-order valence-electron chi connectivity index (χ0n) is 23.7. The van der Waals surface area contributed by atoms with E-state index in [2.05, 4.69) is 95.3 Å². The van der Waals surface area contributed by atoms with Gasteiger partial charge in [-0.25, -0.2) is 4.98 Å². The normalized spacial score (nSPS) is 12.4. The monoisotopic (exact) mass is 543 g/mol. The molecular formula is C36H37N3O2. The summed E-state index contributed by atoms with van der Waals surface area (Å²) in [6.07, 6.45) is 3.16. The number of benzene rings is 4. The van der Waals surface area contributed by atoms with Crippen molar-refractivity contribution in [2.24, 2.45) is 0 Å². The van der Waals surface area contributed by atoms with Crippen LogP contribution in [0.25, 0.3) is 22.6 Å². The standard InChI is InChI=1S/C36H37N3O2/c1-2-3-21-39-33(35(29-10-6-4-7-11-29)37-36(39)30-12-8-5-9-13-30)26-38(24-27-14-17-32(40)18-15-27)25-28-16-19-34-31(23-28)20-22-41-34/h4-19,23,40H,2-3,20-22,24-26H2,1H3. The molecular weight excluding hydrogens is 506 g/mol. The first kappa shape index (κ1) is 26.9. The summed E-state index contributed by atoms with van der Waals surface area (Å²) in [7, 11) is 0. The summed E-state index contributed by atoms with van der Waals surface area (Å²) in [5.41, 5.74) is 8.26. The van der Waals surface area contributed by atoms with Gasteiger partial charge in [-0.05, 0) is 41.3 Å². The third-order valence-electron chi connectivity index (χ3n) is 7.76. The average Bonchev–Trinajstić information content (AvgIpc) is 3.62. The van der Waals surface area contributed by atoms with Gasteiger partial charge in [0.25, 0.3) is 0 Å². The number of nitrogens with zero attached hydrogens (tertiary/aromatic N) is 3. The van der Waals surface area contributed by atoms with Gasteiger partial charge < -0.3 is 14.4 Å². The summed E-state index contributed by atoms with van der Waals surface area (Å²) in [5.74, 6) is 2.32. The van der Waals surface area contributed by atoms with Crippen molar-refractivity contribution in [3.8, 4) is 34.1 Å². The Labute approximate surface area is 242 Å². The van der Waals surface area contributed by atoms with E-state index in [-0.39, 0.29) is 5.75 Å². The van der Waals surface area contributed by atoms with E-state index in [4.69, 9.17) is 9.72 Å². The lowest BCUT2D eigenvalue weighted by atomic mass is 10.1. The number of phenolic OH excluding ortho intramolecular Hbond substituents is 1. The first-order valence-electron chi connectivity index (χ1n) is 14.6. The molecule has 0 bridgehead atoms. The number of fused-ring (bicyclic) bond motifs is 1. The number of phenols is 1. The maximum absolute atomic E-state index is 9.91. The fraction of sp³-hybridized carbons (Fsp3) is 0.250. The average molecular weight is 544 g/mol. The Morgan fingerprint density at radius 1 is 0.805 bits per heavy atom. The van der Waals surface area contributed by atoms with E-state index in [1.807, 2.05) is 12.1 Å². The van der Waals surface area contributed by atoms with Crippen LogP contribution in [0.4, 0.5) is 0 Å². The molecule has 0 aliphatic carbocycles. The summed E-state index contributed by atoms with van der Waals surface area (Å²) >= 11 is 0. The van der Waals surface area contributed by atoms with Crippen LogP contribution < -0.4 is 4.74 Å². The highest BCUT2D eigenvalue weighted by Crippen LogP contribution is 2.32. The van der Waals surface area contributed by atoms with E-state index in [0.29, 0.717) is 0 Å². The van der Waals surface area contributed by atoms with Gasteiger partial charge in [0.2, 0.25) is 0 Å². The van der Waals surface area contributed by atoms with Crippen molar-refractivity contribution in [3.05, 3.63) is 126 Å². The van der Waals surface area contributed by atoms with Crippen LogP contribution in [0.2, 0.25) is 0 Å². The molecule has 1 aliphatic rings. The maximum atomic E-state index is 9.91. The number of aromatic hydroxyl groups is 1. The largest absolute Gasteiger partial charge is 0.508 e. The fourth-order valence-electron chi connectivity index (χ4n) is 5.67. The Kier molecular flexibility index (Phi) is 8.15. The van der Waals surface area contributed by atoms with E-state index in [1.54, 1.807) is 12.1 Å². The predicted molar refractivity (Wildman–Crippen MR) is 165 cm³/mol. The molecule has 4 aromatic carbocycles. The van der Waals surface area contributed by atoms with Crippen LogP contribution in [0.5, 0.6) is 11.5 Å². The molecule has 1 N–H and O–H groups in total. The Bertz CT molecular complexity index is 1580. The quantitative estimate of drug-likeness (QED) is 0.184. The minimum Gasteiger partial charge on any atom is -0.508 e. The number of imidazole rings is 1. The van der Waals surface area contributed by atoms with Crippen LogP contribution in [0.15, 0.2) is 103 Å². The first-order chi connectivity index (χ1) is 20.2. The molecule has 2 heterocycles. The van der Waals surface area contributed by atoms with Gasteiger partial charge in [0.05, 0.1) is 18.0 Å². The Morgan fingerprint density at radius 2 is 1.49 bits per heavy atom. The zero-order valence-corrected chi connectivity index (χ0v) is 23.7. The van der Waals surface area contributed by atoms with Crippen molar-refractivity contribution < 1.29 is 9.84 Å². The lowest BCUT2D eigenvalue weighted by Gasteiger charge is -2.25. The van der Waals surface area contributed by atoms with Gasteiger partial charge in [-0.15, -0.1) is 0 Å². The van der Waals surface area contributed by atoms with Crippen LogP contribution in [0.1, 0.15) is 42.1 Å². The number of aromatic nitrogens is 2. The number of hydrogen-bond acceptors (Lipinski definition) is 4. The number of ether oxygens (including phenoxy) is 1. The molecule has 0 saturated carbocycles. The van der Waals surface area contributed by atoms with Gasteiger partial charge in [0.15, 0.2) is 0 Å². The van der Waals surface area contributed by atoms with E-state index in [9.17, 15) is 5.11 Å². The van der Waals surface area contributed by atoms with Gasteiger partial charge >= 0.3 is 0 Å². The second-order valence-corrected chi connectivity index (χ2v) is 10.8. The number of rotatable bonds is 11. The predicted octanol–water partition coefficient (Wildman–Crippen LogP) is 7.86. The maximum Gasteiger partial charge on any atom is 0.140 e. The van der Waals surface area contributed by atoms with Crippen molar-refractivity contribution in [1.29, 1.82) is 0 Å². The molecule has 0 unspecified atom stereocenters. The fourth-order valence-corrected chi connectivity index (χ4v) is 5.67. The van der Waals surface area contributed by atoms with Gasteiger partial charge in [-0.2, -0.15) is 0 Å².